The van der Waals surface area contributed by atoms with Gasteiger partial charge >= 0.3 is 0 Å². The first kappa shape index (κ1) is 18.0. The highest BCUT2D eigenvalue weighted by Gasteiger charge is 2.30. The number of fused-ring (bicyclic) bond motifs is 1. The van der Waals surface area contributed by atoms with E-state index in [1.165, 1.54) is 0 Å². The van der Waals surface area contributed by atoms with Crippen LogP contribution in [0, 0.1) is 0 Å². The Bertz CT molecular complexity index is 1030. The summed E-state index contributed by atoms with van der Waals surface area (Å²) in [5.41, 5.74) is 3.65. The Hall–Kier alpha value is -3.42. The van der Waals surface area contributed by atoms with Gasteiger partial charge in [-0.3, -0.25) is 19.4 Å². The first-order valence-corrected chi connectivity index (χ1v) is 9.16. The highest BCUT2D eigenvalue weighted by Crippen LogP contribution is 2.32. The van der Waals surface area contributed by atoms with Crippen LogP contribution in [0.3, 0.4) is 0 Å². The maximum Gasteiger partial charge on any atom is 0.260 e. The molecule has 4 heterocycles. The summed E-state index contributed by atoms with van der Waals surface area (Å²) < 4.78 is 12.6. The summed E-state index contributed by atoms with van der Waals surface area (Å²) in [6, 6.07) is 5.49. The molecule has 3 aromatic heterocycles. The molecule has 0 saturated heterocycles. The van der Waals surface area contributed by atoms with Gasteiger partial charge in [0.1, 0.15) is 0 Å². The van der Waals surface area contributed by atoms with Crippen LogP contribution >= 0.6 is 0 Å². The maximum atomic E-state index is 12.8. The van der Waals surface area contributed by atoms with Crippen molar-refractivity contribution in [2.75, 3.05) is 18.6 Å². The maximum absolute atomic E-state index is 12.8. The van der Waals surface area contributed by atoms with Gasteiger partial charge < -0.3 is 9.47 Å². The van der Waals surface area contributed by atoms with Gasteiger partial charge in [-0.1, -0.05) is 0 Å². The molecule has 0 atom stereocenters. The van der Waals surface area contributed by atoms with Crippen molar-refractivity contribution in [1.82, 2.24) is 19.7 Å². The third kappa shape index (κ3) is 3.06. The Balaban J connectivity index is 1.65. The van der Waals surface area contributed by atoms with E-state index >= 15 is 0 Å². The number of amides is 1. The van der Waals surface area contributed by atoms with E-state index in [0.29, 0.717) is 30.3 Å². The van der Waals surface area contributed by atoms with E-state index in [9.17, 15) is 4.79 Å². The van der Waals surface area contributed by atoms with Crippen LogP contribution in [0.1, 0.15) is 29.9 Å². The molecular formula is C20H21N5O3. The zero-order valence-corrected chi connectivity index (χ0v) is 16.0. The normalized spacial score (nSPS) is 13.0. The Morgan fingerprint density at radius 1 is 1.21 bits per heavy atom. The first-order chi connectivity index (χ1) is 13.6. The van der Waals surface area contributed by atoms with Gasteiger partial charge in [-0.05, 0) is 32.0 Å². The van der Waals surface area contributed by atoms with Crippen LogP contribution < -0.4 is 14.4 Å². The van der Waals surface area contributed by atoms with Crippen LogP contribution in [0.15, 0.2) is 36.8 Å². The van der Waals surface area contributed by atoms with Crippen LogP contribution in [-0.2, 0) is 13.1 Å². The number of hydrogen-bond donors (Lipinski definition) is 0. The SMILES string of the molecule is CCOc1cc(-c2ccc3c(n2)CN(c2cnn(CC)c2)C3=O)cnc1OC. The van der Waals surface area contributed by atoms with Crippen LogP contribution in [-0.4, -0.2) is 39.4 Å². The van der Waals surface area contributed by atoms with Crippen molar-refractivity contribution < 1.29 is 14.3 Å². The van der Waals surface area contributed by atoms with Crippen LogP contribution in [0.5, 0.6) is 11.6 Å². The van der Waals surface area contributed by atoms with Gasteiger partial charge in [-0.2, -0.15) is 5.10 Å². The van der Waals surface area contributed by atoms with Crippen molar-refractivity contribution in [3.8, 4) is 22.9 Å². The largest absolute Gasteiger partial charge is 0.488 e. The Morgan fingerprint density at radius 2 is 2.07 bits per heavy atom. The van der Waals surface area contributed by atoms with Gasteiger partial charge in [0.2, 0.25) is 0 Å². The fourth-order valence-electron chi connectivity index (χ4n) is 3.20. The highest BCUT2D eigenvalue weighted by atomic mass is 16.5. The molecule has 3 aromatic rings. The van der Waals surface area contributed by atoms with E-state index in [4.69, 9.17) is 14.5 Å². The number of carbonyl (C=O) groups is 1. The van der Waals surface area contributed by atoms with E-state index in [2.05, 4.69) is 10.1 Å². The Morgan fingerprint density at radius 3 is 2.79 bits per heavy atom. The summed E-state index contributed by atoms with van der Waals surface area (Å²) in [4.78, 5) is 23.5. The molecule has 0 unspecified atom stereocenters. The van der Waals surface area contributed by atoms with Gasteiger partial charge in [0.15, 0.2) is 5.75 Å². The molecular weight excluding hydrogens is 358 g/mol. The number of aromatic nitrogens is 4. The summed E-state index contributed by atoms with van der Waals surface area (Å²) in [5, 5.41) is 4.25. The summed E-state index contributed by atoms with van der Waals surface area (Å²) >= 11 is 0. The second-order valence-electron chi connectivity index (χ2n) is 6.30. The number of carbonyl (C=O) groups excluding carboxylic acids is 1. The molecule has 1 aliphatic rings. The number of ether oxygens (including phenoxy) is 2. The predicted molar refractivity (Wildman–Crippen MR) is 104 cm³/mol. The molecule has 8 nitrogen and oxygen atoms in total. The first-order valence-electron chi connectivity index (χ1n) is 9.16. The number of methoxy groups -OCH3 is 1. The second-order valence-corrected chi connectivity index (χ2v) is 6.30. The smallest absolute Gasteiger partial charge is 0.260 e. The van der Waals surface area contributed by atoms with Gasteiger partial charge in [0.05, 0.1) is 49.1 Å². The van der Waals surface area contributed by atoms with Gasteiger partial charge in [-0.25, -0.2) is 4.98 Å². The quantitative estimate of drug-likeness (QED) is 0.655. The van der Waals surface area contributed by atoms with Gasteiger partial charge in [0.25, 0.3) is 11.8 Å². The minimum atomic E-state index is -0.0624. The Labute approximate surface area is 162 Å². The average molecular weight is 379 g/mol. The number of pyridine rings is 2. The number of nitrogens with zero attached hydrogens (tertiary/aromatic N) is 5. The third-order valence-corrected chi connectivity index (χ3v) is 4.62. The van der Waals surface area contributed by atoms with E-state index in [1.54, 1.807) is 29.1 Å². The van der Waals surface area contributed by atoms with E-state index < -0.39 is 0 Å². The Kier molecular flexibility index (Phi) is 4.68. The topological polar surface area (TPSA) is 82.4 Å². The molecule has 0 radical (unpaired) electrons. The van der Waals surface area contributed by atoms with Gasteiger partial charge in [0, 0.05) is 24.5 Å². The summed E-state index contributed by atoms with van der Waals surface area (Å²) in [5.74, 6) is 0.933. The van der Waals surface area contributed by atoms with E-state index in [0.717, 1.165) is 29.2 Å². The van der Waals surface area contributed by atoms with Crippen molar-refractivity contribution in [2.24, 2.45) is 0 Å². The van der Waals surface area contributed by atoms with Crippen molar-refractivity contribution in [3.05, 3.63) is 48.0 Å². The molecule has 28 heavy (non-hydrogen) atoms. The molecule has 0 aromatic carbocycles. The zero-order chi connectivity index (χ0) is 19.7. The third-order valence-electron chi connectivity index (χ3n) is 4.62. The number of hydrogen-bond acceptors (Lipinski definition) is 6. The molecule has 0 saturated carbocycles. The molecule has 0 spiro atoms. The lowest BCUT2D eigenvalue weighted by Gasteiger charge is -2.11. The molecule has 0 fully saturated rings. The fourth-order valence-corrected chi connectivity index (χ4v) is 3.20. The predicted octanol–water partition coefficient (Wildman–Crippen LogP) is 2.93. The number of aryl methyl sites for hydroxylation is 1. The van der Waals surface area contributed by atoms with Crippen molar-refractivity contribution >= 4 is 11.6 Å². The molecule has 1 aliphatic heterocycles. The van der Waals surface area contributed by atoms with Crippen LogP contribution in [0.4, 0.5) is 5.69 Å². The van der Waals surface area contributed by atoms with Gasteiger partial charge in [-0.15, -0.1) is 0 Å². The van der Waals surface area contributed by atoms with Crippen LogP contribution in [0.2, 0.25) is 0 Å². The molecule has 4 rings (SSSR count). The van der Waals surface area contributed by atoms with E-state index in [1.807, 2.05) is 38.2 Å². The number of rotatable bonds is 6. The molecule has 8 heteroatoms. The average Bonchev–Trinajstić information content (AvgIpc) is 3.32. The summed E-state index contributed by atoms with van der Waals surface area (Å²) in [6.07, 6.45) is 5.26. The van der Waals surface area contributed by atoms with Crippen molar-refractivity contribution in [2.45, 2.75) is 26.9 Å². The monoisotopic (exact) mass is 379 g/mol. The lowest BCUT2D eigenvalue weighted by atomic mass is 10.1. The van der Waals surface area contributed by atoms with Crippen molar-refractivity contribution in [3.63, 3.8) is 0 Å². The second kappa shape index (κ2) is 7.30. The van der Waals surface area contributed by atoms with Crippen LogP contribution in [0.25, 0.3) is 11.3 Å². The molecule has 1 amide bonds. The lowest BCUT2D eigenvalue weighted by molar-refractivity contribution is 0.0996. The lowest BCUT2D eigenvalue weighted by Crippen LogP contribution is -2.22. The molecule has 0 aliphatic carbocycles. The molecule has 144 valence electrons. The highest BCUT2D eigenvalue weighted by molar-refractivity contribution is 6.09. The van der Waals surface area contributed by atoms with Crippen molar-refractivity contribution in [1.29, 1.82) is 0 Å². The summed E-state index contributed by atoms with van der Waals surface area (Å²) in [7, 11) is 1.55. The van der Waals surface area contributed by atoms with E-state index in [-0.39, 0.29) is 5.91 Å². The number of anilines is 1. The molecule has 0 bridgehead atoms. The minimum Gasteiger partial charge on any atom is -0.488 e. The minimum absolute atomic E-state index is 0.0624. The fraction of sp³-hybridized carbons (Fsp3) is 0.300. The summed E-state index contributed by atoms with van der Waals surface area (Å²) in [6.45, 7) is 5.59. The zero-order valence-electron chi connectivity index (χ0n) is 16.0. The molecule has 0 N–H and O–H groups in total. The standard InChI is InChI=1S/C20H21N5O3/c1-4-24-11-14(10-22-24)25-12-17-15(20(25)26)6-7-16(23-17)13-8-18(28-5-2)19(27-3)21-9-13/h6-11H,4-5,12H2,1-3H3.